The lowest BCUT2D eigenvalue weighted by atomic mass is 10.1. The number of pyridine rings is 1. The molecule has 1 atom stereocenters. The fourth-order valence-corrected chi connectivity index (χ4v) is 3.55. The standard InChI is InChI=1S/C21H23N5OS/c1-5-11-26-19(17-7-6-10-22-13-17)24-25-21(26)28-16(4)20(27)23-18-12-14(2)8-9-15(18)3/h5-10,12-13,16H,1,11H2,2-4H3,(H,23,27)/t16-/m0/s1. The zero-order chi connectivity index (χ0) is 20.1. The summed E-state index contributed by atoms with van der Waals surface area (Å²) in [6, 6.07) is 9.80. The van der Waals surface area contributed by atoms with Gasteiger partial charge in [0.1, 0.15) is 0 Å². The molecular weight excluding hydrogens is 370 g/mol. The highest BCUT2D eigenvalue weighted by molar-refractivity contribution is 8.00. The fraction of sp³-hybridized carbons (Fsp3) is 0.238. The van der Waals surface area contributed by atoms with Crippen LogP contribution >= 0.6 is 11.8 Å². The molecule has 1 N–H and O–H groups in total. The summed E-state index contributed by atoms with van der Waals surface area (Å²) in [5.74, 6) is 0.632. The molecule has 144 valence electrons. The van der Waals surface area contributed by atoms with Crippen molar-refractivity contribution >= 4 is 23.4 Å². The Morgan fingerprint density at radius 2 is 2.14 bits per heavy atom. The van der Waals surface area contributed by atoms with Gasteiger partial charge in [0.15, 0.2) is 11.0 Å². The van der Waals surface area contributed by atoms with E-state index in [2.05, 4.69) is 27.1 Å². The van der Waals surface area contributed by atoms with E-state index in [9.17, 15) is 4.79 Å². The molecule has 2 aromatic heterocycles. The van der Waals surface area contributed by atoms with E-state index in [0.717, 1.165) is 22.4 Å². The Bertz CT molecular complexity index is 984. The van der Waals surface area contributed by atoms with E-state index < -0.39 is 0 Å². The summed E-state index contributed by atoms with van der Waals surface area (Å²) in [6.07, 6.45) is 5.25. The van der Waals surface area contributed by atoms with Crippen molar-refractivity contribution in [2.75, 3.05) is 5.32 Å². The number of allylic oxidation sites excluding steroid dienone is 1. The summed E-state index contributed by atoms with van der Waals surface area (Å²) in [5.41, 5.74) is 3.84. The van der Waals surface area contributed by atoms with Crippen LogP contribution in [0.25, 0.3) is 11.4 Å². The maximum Gasteiger partial charge on any atom is 0.237 e. The van der Waals surface area contributed by atoms with Crippen LogP contribution in [0.5, 0.6) is 0 Å². The number of aromatic nitrogens is 4. The number of aryl methyl sites for hydroxylation is 2. The van der Waals surface area contributed by atoms with Gasteiger partial charge in [-0.2, -0.15) is 0 Å². The van der Waals surface area contributed by atoms with Crippen molar-refractivity contribution in [3.8, 4) is 11.4 Å². The van der Waals surface area contributed by atoms with E-state index >= 15 is 0 Å². The van der Waals surface area contributed by atoms with Crippen molar-refractivity contribution < 1.29 is 4.79 Å². The predicted molar refractivity (Wildman–Crippen MR) is 113 cm³/mol. The fourth-order valence-electron chi connectivity index (χ4n) is 2.69. The molecular formula is C21H23N5OS. The van der Waals surface area contributed by atoms with Gasteiger partial charge in [0.2, 0.25) is 5.91 Å². The summed E-state index contributed by atoms with van der Waals surface area (Å²) < 4.78 is 1.94. The number of amides is 1. The Hall–Kier alpha value is -2.93. The molecule has 0 aliphatic rings. The molecule has 0 fully saturated rings. The van der Waals surface area contributed by atoms with Crippen molar-refractivity contribution in [2.45, 2.75) is 37.7 Å². The van der Waals surface area contributed by atoms with Crippen molar-refractivity contribution in [2.24, 2.45) is 0 Å². The minimum atomic E-state index is -0.338. The Morgan fingerprint density at radius 3 is 2.86 bits per heavy atom. The van der Waals surface area contributed by atoms with Crippen molar-refractivity contribution in [1.82, 2.24) is 19.7 Å². The first-order valence-electron chi connectivity index (χ1n) is 8.99. The van der Waals surface area contributed by atoms with Crippen LogP contribution in [0.2, 0.25) is 0 Å². The number of rotatable bonds is 7. The lowest BCUT2D eigenvalue weighted by Crippen LogP contribution is -2.23. The molecule has 6 nitrogen and oxygen atoms in total. The molecule has 1 aromatic carbocycles. The average molecular weight is 394 g/mol. The van der Waals surface area contributed by atoms with Gasteiger partial charge in [0, 0.05) is 30.2 Å². The van der Waals surface area contributed by atoms with Crippen LogP contribution in [-0.2, 0) is 11.3 Å². The van der Waals surface area contributed by atoms with Gasteiger partial charge in [-0.25, -0.2) is 0 Å². The van der Waals surface area contributed by atoms with Crippen molar-refractivity contribution in [3.05, 3.63) is 66.5 Å². The summed E-state index contributed by atoms with van der Waals surface area (Å²) in [5, 5.41) is 11.9. The number of nitrogens with one attached hydrogen (secondary N) is 1. The number of nitrogens with zero attached hydrogens (tertiary/aromatic N) is 4. The Kier molecular flexibility index (Phi) is 6.26. The quantitative estimate of drug-likeness (QED) is 0.480. The number of thioether (sulfide) groups is 1. The van der Waals surface area contributed by atoms with Crippen LogP contribution in [0.1, 0.15) is 18.1 Å². The molecule has 0 aliphatic carbocycles. The third-order valence-corrected chi connectivity index (χ3v) is 5.33. The molecule has 3 aromatic rings. The number of carbonyl (C=O) groups is 1. The van der Waals surface area contributed by atoms with Crippen LogP contribution in [0, 0.1) is 13.8 Å². The Labute approximate surface area is 169 Å². The largest absolute Gasteiger partial charge is 0.325 e. The van der Waals surface area contributed by atoms with Gasteiger partial charge in [0.05, 0.1) is 5.25 Å². The molecule has 0 unspecified atom stereocenters. The van der Waals surface area contributed by atoms with E-state index in [1.807, 2.05) is 55.7 Å². The van der Waals surface area contributed by atoms with Crippen LogP contribution in [0.4, 0.5) is 5.69 Å². The molecule has 0 spiro atoms. The molecule has 0 aliphatic heterocycles. The van der Waals surface area contributed by atoms with Gasteiger partial charge in [-0.1, -0.05) is 30.0 Å². The normalized spacial score (nSPS) is 11.8. The maximum atomic E-state index is 12.7. The van der Waals surface area contributed by atoms with E-state index in [0.29, 0.717) is 17.5 Å². The van der Waals surface area contributed by atoms with E-state index in [1.54, 1.807) is 18.5 Å². The van der Waals surface area contributed by atoms with Crippen LogP contribution < -0.4 is 5.32 Å². The molecule has 1 amide bonds. The molecule has 3 rings (SSSR count). The highest BCUT2D eigenvalue weighted by atomic mass is 32.2. The minimum absolute atomic E-state index is 0.0743. The number of carbonyl (C=O) groups excluding carboxylic acids is 1. The lowest BCUT2D eigenvalue weighted by molar-refractivity contribution is -0.115. The minimum Gasteiger partial charge on any atom is -0.325 e. The summed E-state index contributed by atoms with van der Waals surface area (Å²) in [6.45, 7) is 10.2. The first-order valence-corrected chi connectivity index (χ1v) is 9.87. The first-order chi connectivity index (χ1) is 13.5. The van der Waals surface area contributed by atoms with Gasteiger partial charge < -0.3 is 5.32 Å². The Morgan fingerprint density at radius 1 is 1.32 bits per heavy atom. The molecule has 0 radical (unpaired) electrons. The summed E-state index contributed by atoms with van der Waals surface area (Å²) >= 11 is 1.37. The molecule has 2 heterocycles. The third kappa shape index (κ3) is 4.48. The predicted octanol–water partition coefficient (Wildman–Crippen LogP) is 4.26. The molecule has 28 heavy (non-hydrogen) atoms. The van der Waals surface area contributed by atoms with Crippen molar-refractivity contribution in [3.63, 3.8) is 0 Å². The number of benzene rings is 1. The van der Waals surface area contributed by atoms with Crippen LogP contribution in [0.3, 0.4) is 0 Å². The molecule has 0 bridgehead atoms. The van der Waals surface area contributed by atoms with Gasteiger partial charge in [0.25, 0.3) is 0 Å². The van der Waals surface area contributed by atoms with Crippen LogP contribution in [-0.4, -0.2) is 30.9 Å². The summed E-state index contributed by atoms with van der Waals surface area (Å²) in [4.78, 5) is 16.9. The zero-order valence-electron chi connectivity index (χ0n) is 16.2. The van der Waals surface area contributed by atoms with Gasteiger partial charge in [-0.05, 0) is 50.1 Å². The maximum absolute atomic E-state index is 12.7. The molecule has 7 heteroatoms. The zero-order valence-corrected chi connectivity index (χ0v) is 17.0. The topological polar surface area (TPSA) is 72.7 Å². The molecule has 0 saturated heterocycles. The van der Waals surface area contributed by atoms with Crippen LogP contribution in [0.15, 0.2) is 60.5 Å². The smallest absolute Gasteiger partial charge is 0.237 e. The first kappa shape index (κ1) is 19.8. The third-order valence-electron chi connectivity index (χ3n) is 4.25. The highest BCUT2D eigenvalue weighted by Gasteiger charge is 2.21. The number of hydrogen-bond donors (Lipinski definition) is 1. The molecule has 0 saturated carbocycles. The number of anilines is 1. The monoisotopic (exact) mass is 393 g/mol. The van der Waals surface area contributed by atoms with Gasteiger partial charge >= 0.3 is 0 Å². The van der Waals surface area contributed by atoms with Gasteiger partial charge in [-0.3, -0.25) is 14.3 Å². The van der Waals surface area contributed by atoms with Crippen molar-refractivity contribution in [1.29, 1.82) is 0 Å². The SMILES string of the molecule is C=CCn1c(S[C@@H](C)C(=O)Nc2cc(C)ccc2C)nnc1-c1cccnc1. The second-order valence-corrected chi connectivity index (χ2v) is 7.82. The second-order valence-electron chi connectivity index (χ2n) is 6.51. The van der Waals surface area contributed by atoms with E-state index in [1.165, 1.54) is 11.8 Å². The van der Waals surface area contributed by atoms with E-state index in [-0.39, 0.29) is 11.2 Å². The highest BCUT2D eigenvalue weighted by Crippen LogP contribution is 2.27. The summed E-state index contributed by atoms with van der Waals surface area (Å²) in [7, 11) is 0. The lowest BCUT2D eigenvalue weighted by Gasteiger charge is -2.14. The average Bonchev–Trinajstić information content (AvgIpc) is 3.08. The second kappa shape index (κ2) is 8.84. The Balaban J connectivity index is 1.79. The number of hydrogen-bond acceptors (Lipinski definition) is 5. The van der Waals surface area contributed by atoms with E-state index in [4.69, 9.17) is 0 Å². The van der Waals surface area contributed by atoms with Gasteiger partial charge in [-0.15, -0.1) is 16.8 Å².